The van der Waals surface area contributed by atoms with Gasteiger partial charge in [0, 0.05) is 18.8 Å². The number of aliphatic hydroxyl groups excluding tert-OH is 1. The number of nitrogens with one attached hydrogen (secondary N) is 1. The molecular weight excluding hydrogens is 252 g/mol. The fourth-order valence-corrected chi connectivity index (χ4v) is 2.04. The molecule has 5 nitrogen and oxygen atoms in total. The zero-order valence-electron chi connectivity index (χ0n) is 11.9. The first kappa shape index (κ1) is 14.7. The van der Waals surface area contributed by atoms with E-state index in [1.54, 1.807) is 4.68 Å². The van der Waals surface area contributed by atoms with Gasteiger partial charge in [0.25, 0.3) is 0 Å². The third-order valence-corrected chi connectivity index (χ3v) is 3.26. The molecule has 0 aliphatic rings. The molecular formula is C15H22N4O. The van der Waals surface area contributed by atoms with Crippen LogP contribution in [-0.4, -0.2) is 32.7 Å². The molecule has 0 amide bonds. The molecule has 1 unspecified atom stereocenters. The number of rotatable bonds is 8. The Morgan fingerprint density at radius 3 is 2.85 bits per heavy atom. The van der Waals surface area contributed by atoms with E-state index < -0.39 is 0 Å². The van der Waals surface area contributed by atoms with Crippen molar-refractivity contribution < 1.29 is 5.11 Å². The maximum atomic E-state index is 8.82. The number of aromatic nitrogens is 3. The predicted octanol–water partition coefficient (Wildman–Crippen LogP) is 1.38. The van der Waals surface area contributed by atoms with Crippen molar-refractivity contribution >= 4 is 0 Å². The van der Waals surface area contributed by atoms with Crippen LogP contribution in [0.2, 0.25) is 0 Å². The summed E-state index contributed by atoms with van der Waals surface area (Å²) in [4.78, 5) is 0. The normalized spacial score (nSPS) is 12.5. The van der Waals surface area contributed by atoms with E-state index in [1.807, 2.05) is 12.3 Å². The highest BCUT2D eigenvalue weighted by atomic mass is 16.3. The Bertz CT molecular complexity index is 498. The van der Waals surface area contributed by atoms with Crippen LogP contribution in [0.1, 0.15) is 24.6 Å². The summed E-state index contributed by atoms with van der Waals surface area (Å²) in [5.41, 5.74) is 2.28. The highest BCUT2D eigenvalue weighted by molar-refractivity contribution is 5.14. The molecule has 1 atom stereocenters. The zero-order chi connectivity index (χ0) is 14.2. The number of hydrogen-bond donors (Lipinski definition) is 2. The van der Waals surface area contributed by atoms with Crippen LogP contribution in [-0.2, 0) is 19.5 Å². The van der Waals surface area contributed by atoms with Crippen LogP contribution in [0.15, 0.2) is 36.5 Å². The minimum atomic E-state index is 0.0870. The van der Waals surface area contributed by atoms with E-state index in [-0.39, 0.29) is 6.61 Å². The number of hydrogen-bond acceptors (Lipinski definition) is 4. The molecule has 1 heterocycles. The van der Waals surface area contributed by atoms with Crippen LogP contribution in [0.25, 0.3) is 0 Å². The molecule has 1 aromatic carbocycles. The smallest absolute Gasteiger partial charge is 0.0964 e. The third-order valence-electron chi connectivity index (χ3n) is 3.26. The maximum absolute atomic E-state index is 8.82. The van der Waals surface area contributed by atoms with E-state index in [4.69, 9.17) is 5.11 Å². The van der Waals surface area contributed by atoms with Gasteiger partial charge in [-0.05, 0) is 25.3 Å². The Balaban J connectivity index is 1.70. The number of aryl methyl sites for hydroxylation is 1. The van der Waals surface area contributed by atoms with Crippen molar-refractivity contribution in [2.45, 2.75) is 38.9 Å². The Kier molecular flexibility index (Phi) is 5.70. The Labute approximate surface area is 119 Å². The van der Waals surface area contributed by atoms with Gasteiger partial charge in [-0.1, -0.05) is 35.5 Å². The van der Waals surface area contributed by atoms with E-state index >= 15 is 0 Å². The highest BCUT2D eigenvalue weighted by Crippen LogP contribution is 2.05. The van der Waals surface area contributed by atoms with Gasteiger partial charge >= 0.3 is 0 Å². The van der Waals surface area contributed by atoms with Gasteiger partial charge in [0.1, 0.15) is 0 Å². The van der Waals surface area contributed by atoms with E-state index in [0.29, 0.717) is 19.1 Å². The van der Waals surface area contributed by atoms with Crippen molar-refractivity contribution in [3.05, 3.63) is 47.8 Å². The number of benzene rings is 1. The average Bonchev–Trinajstić information content (AvgIpc) is 2.92. The van der Waals surface area contributed by atoms with Crippen molar-refractivity contribution in [2.24, 2.45) is 0 Å². The number of nitrogens with zero attached hydrogens (tertiary/aromatic N) is 3. The van der Waals surface area contributed by atoms with Gasteiger partial charge in [0.05, 0.1) is 18.8 Å². The van der Waals surface area contributed by atoms with Crippen molar-refractivity contribution in [3.8, 4) is 0 Å². The van der Waals surface area contributed by atoms with Gasteiger partial charge in [-0.3, -0.25) is 0 Å². The van der Waals surface area contributed by atoms with Crippen LogP contribution in [0.3, 0.4) is 0 Å². The van der Waals surface area contributed by atoms with Crippen LogP contribution >= 0.6 is 0 Å². The summed E-state index contributed by atoms with van der Waals surface area (Å²) in [7, 11) is 0. The molecule has 0 aliphatic carbocycles. The summed E-state index contributed by atoms with van der Waals surface area (Å²) in [6, 6.07) is 10.9. The number of aliphatic hydroxyl groups is 1. The van der Waals surface area contributed by atoms with Crippen LogP contribution in [0.5, 0.6) is 0 Å². The molecule has 108 valence electrons. The lowest BCUT2D eigenvalue weighted by Gasteiger charge is -2.12. The second-order valence-electron chi connectivity index (χ2n) is 5.00. The summed E-state index contributed by atoms with van der Waals surface area (Å²) < 4.78 is 1.66. The summed E-state index contributed by atoms with van der Waals surface area (Å²) in [5, 5.41) is 20.3. The lowest BCUT2D eigenvalue weighted by Crippen LogP contribution is -2.26. The van der Waals surface area contributed by atoms with Gasteiger partial charge in [-0.2, -0.15) is 0 Å². The second kappa shape index (κ2) is 7.77. The molecule has 2 rings (SSSR count). The van der Waals surface area contributed by atoms with Crippen molar-refractivity contribution in [2.75, 3.05) is 6.61 Å². The summed E-state index contributed by atoms with van der Waals surface area (Å²) >= 11 is 0. The molecule has 2 aromatic rings. The molecule has 1 aromatic heterocycles. The first-order valence-corrected chi connectivity index (χ1v) is 7.05. The van der Waals surface area contributed by atoms with E-state index in [0.717, 1.165) is 18.5 Å². The first-order valence-electron chi connectivity index (χ1n) is 7.05. The molecule has 5 heteroatoms. The topological polar surface area (TPSA) is 63.0 Å². The largest absolute Gasteiger partial charge is 0.394 e. The zero-order valence-corrected chi connectivity index (χ0v) is 11.9. The first-order chi connectivity index (χ1) is 9.78. The summed E-state index contributed by atoms with van der Waals surface area (Å²) in [6.07, 6.45) is 4.04. The van der Waals surface area contributed by atoms with E-state index in [1.165, 1.54) is 5.56 Å². The molecule has 0 bridgehead atoms. The Hall–Kier alpha value is -1.72. The van der Waals surface area contributed by atoms with Crippen LogP contribution in [0.4, 0.5) is 0 Å². The maximum Gasteiger partial charge on any atom is 0.0964 e. The van der Waals surface area contributed by atoms with Crippen LogP contribution in [0, 0.1) is 0 Å². The van der Waals surface area contributed by atoms with Gasteiger partial charge in [0.15, 0.2) is 0 Å². The molecule has 0 saturated carbocycles. The molecule has 0 aliphatic heterocycles. The van der Waals surface area contributed by atoms with Crippen LogP contribution < -0.4 is 5.32 Å². The fourth-order valence-electron chi connectivity index (χ4n) is 2.04. The lowest BCUT2D eigenvalue weighted by atomic mass is 10.1. The molecule has 0 fully saturated rings. The average molecular weight is 274 g/mol. The van der Waals surface area contributed by atoms with Gasteiger partial charge in [-0.15, -0.1) is 5.10 Å². The molecule has 0 spiro atoms. The van der Waals surface area contributed by atoms with Gasteiger partial charge in [-0.25, -0.2) is 4.68 Å². The molecule has 0 radical (unpaired) electrons. The van der Waals surface area contributed by atoms with Crippen molar-refractivity contribution in [1.29, 1.82) is 0 Å². The van der Waals surface area contributed by atoms with E-state index in [9.17, 15) is 0 Å². The second-order valence-corrected chi connectivity index (χ2v) is 5.00. The van der Waals surface area contributed by atoms with Crippen molar-refractivity contribution in [1.82, 2.24) is 20.3 Å². The molecule has 0 saturated heterocycles. The minimum Gasteiger partial charge on any atom is -0.394 e. The molecule has 2 N–H and O–H groups in total. The van der Waals surface area contributed by atoms with E-state index in [2.05, 4.69) is 46.8 Å². The highest BCUT2D eigenvalue weighted by Gasteiger charge is 2.05. The van der Waals surface area contributed by atoms with Crippen molar-refractivity contribution in [3.63, 3.8) is 0 Å². The third kappa shape index (κ3) is 4.75. The minimum absolute atomic E-state index is 0.0870. The Morgan fingerprint density at radius 2 is 2.10 bits per heavy atom. The monoisotopic (exact) mass is 274 g/mol. The fraction of sp³-hybridized carbons (Fsp3) is 0.467. The van der Waals surface area contributed by atoms with Gasteiger partial charge in [0.2, 0.25) is 0 Å². The standard InChI is InChI=1S/C15H22N4O/c1-13(7-8-14-5-3-2-4-6-14)16-11-15-12-19(9-10-20)18-17-15/h2-6,12-13,16,20H,7-11H2,1H3. The Morgan fingerprint density at radius 1 is 1.30 bits per heavy atom. The predicted molar refractivity (Wildman–Crippen MR) is 78.2 cm³/mol. The lowest BCUT2D eigenvalue weighted by molar-refractivity contribution is 0.268. The molecule has 20 heavy (non-hydrogen) atoms. The summed E-state index contributed by atoms with van der Waals surface area (Å²) in [5.74, 6) is 0. The van der Waals surface area contributed by atoms with Gasteiger partial charge < -0.3 is 10.4 Å². The summed E-state index contributed by atoms with van der Waals surface area (Å²) in [6.45, 7) is 3.47. The quantitative estimate of drug-likeness (QED) is 0.763. The SMILES string of the molecule is CC(CCc1ccccc1)NCc1cn(CCO)nn1.